The fourth-order valence-corrected chi connectivity index (χ4v) is 3.19. The second kappa shape index (κ2) is 6.36. The topological polar surface area (TPSA) is 18.5 Å². The van der Waals surface area contributed by atoms with Gasteiger partial charge >= 0.3 is 0 Å². The Kier molecular flexibility index (Phi) is 5.05. The van der Waals surface area contributed by atoms with Crippen LogP contribution in [0, 0.1) is 5.92 Å². The maximum absolute atomic E-state index is 3.73. The molecule has 2 atom stereocenters. The molecule has 1 saturated heterocycles. The minimum absolute atomic E-state index is 0.686. The molecule has 1 saturated carbocycles. The SMILES string of the molecule is CC(C)C(CNC1CC1)N1CCCN(C)CC1C. The van der Waals surface area contributed by atoms with Crippen LogP contribution in [0.5, 0.6) is 0 Å². The lowest BCUT2D eigenvalue weighted by Gasteiger charge is -2.38. The van der Waals surface area contributed by atoms with Gasteiger partial charge in [-0.25, -0.2) is 0 Å². The molecule has 1 aliphatic heterocycles. The van der Waals surface area contributed by atoms with E-state index in [1.165, 1.54) is 45.4 Å². The Morgan fingerprint density at radius 1 is 1.22 bits per heavy atom. The highest BCUT2D eigenvalue weighted by atomic mass is 15.3. The van der Waals surface area contributed by atoms with E-state index in [0.29, 0.717) is 12.1 Å². The summed E-state index contributed by atoms with van der Waals surface area (Å²) in [4.78, 5) is 5.24. The summed E-state index contributed by atoms with van der Waals surface area (Å²) in [5.41, 5.74) is 0. The van der Waals surface area contributed by atoms with Gasteiger partial charge < -0.3 is 10.2 Å². The highest BCUT2D eigenvalue weighted by molar-refractivity contribution is 4.88. The number of rotatable bonds is 5. The predicted octanol–water partition coefficient (Wildman–Crippen LogP) is 1.79. The Bertz CT molecular complexity index is 250. The van der Waals surface area contributed by atoms with Gasteiger partial charge in [0.25, 0.3) is 0 Å². The molecular weight excluding hydrogens is 222 g/mol. The third kappa shape index (κ3) is 3.94. The number of nitrogens with one attached hydrogen (secondary N) is 1. The summed E-state index contributed by atoms with van der Waals surface area (Å²) in [6, 6.07) is 2.22. The summed E-state index contributed by atoms with van der Waals surface area (Å²) in [7, 11) is 2.26. The maximum Gasteiger partial charge on any atom is 0.0247 e. The molecule has 18 heavy (non-hydrogen) atoms. The molecule has 1 aliphatic carbocycles. The number of likely N-dealkylation sites (N-methyl/N-ethyl adjacent to an activating group) is 1. The highest BCUT2D eigenvalue weighted by Gasteiger charge is 2.30. The lowest BCUT2D eigenvalue weighted by molar-refractivity contribution is 0.108. The van der Waals surface area contributed by atoms with Crippen molar-refractivity contribution < 1.29 is 0 Å². The second-order valence-electron chi connectivity index (χ2n) is 6.70. The van der Waals surface area contributed by atoms with Crippen molar-refractivity contribution in [3.05, 3.63) is 0 Å². The van der Waals surface area contributed by atoms with Crippen molar-refractivity contribution in [3.8, 4) is 0 Å². The molecule has 0 aromatic heterocycles. The van der Waals surface area contributed by atoms with E-state index in [0.717, 1.165) is 12.0 Å². The molecule has 0 aromatic carbocycles. The van der Waals surface area contributed by atoms with Gasteiger partial charge in [0.2, 0.25) is 0 Å². The summed E-state index contributed by atoms with van der Waals surface area (Å²) in [6.45, 7) is 12.1. The van der Waals surface area contributed by atoms with Crippen LogP contribution in [0.1, 0.15) is 40.0 Å². The smallest absolute Gasteiger partial charge is 0.0247 e. The average molecular weight is 253 g/mol. The van der Waals surface area contributed by atoms with Crippen LogP contribution in [0.25, 0.3) is 0 Å². The van der Waals surface area contributed by atoms with Gasteiger partial charge in [0.05, 0.1) is 0 Å². The van der Waals surface area contributed by atoms with E-state index in [9.17, 15) is 0 Å². The number of hydrogen-bond donors (Lipinski definition) is 1. The Morgan fingerprint density at radius 3 is 2.56 bits per heavy atom. The minimum atomic E-state index is 0.686. The predicted molar refractivity (Wildman–Crippen MR) is 77.9 cm³/mol. The Morgan fingerprint density at radius 2 is 1.94 bits per heavy atom. The molecule has 0 amide bonds. The maximum atomic E-state index is 3.73. The largest absolute Gasteiger partial charge is 0.312 e. The zero-order chi connectivity index (χ0) is 13.1. The molecule has 2 aliphatic rings. The van der Waals surface area contributed by atoms with Gasteiger partial charge in [-0.1, -0.05) is 13.8 Å². The summed E-state index contributed by atoms with van der Waals surface area (Å²) < 4.78 is 0. The zero-order valence-electron chi connectivity index (χ0n) is 12.7. The lowest BCUT2D eigenvalue weighted by atomic mass is 10.0. The molecule has 0 radical (unpaired) electrons. The minimum Gasteiger partial charge on any atom is -0.312 e. The van der Waals surface area contributed by atoms with Gasteiger partial charge in [-0.2, -0.15) is 0 Å². The molecule has 1 N–H and O–H groups in total. The molecule has 0 spiro atoms. The fraction of sp³-hybridized carbons (Fsp3) is 1.00. The third-order valence-electron chi connectivity index (χ3n) is 4.49. The van der Waals surface area contributed by atoms with Crippen molar-refractivity contribution in [2.45, 2.75) is 58.2 Å². The Labute approximate surface area is 113 Å². The summed E-state index contributed by atoms with van der Waals surface area (Å²) >= 11 is 0. The van der Waals surface area contributed by atoms with E-state index in [-0.39, 0.29) is 0 Å². The summed E-state index contributed by atoms with van der Waals surface area (Å²) in [5.74, 6) is 0.738. The fourth-order valence-electron chi connectivity index (χ4n) is 3.19. The number of nitrogens with zero attached hydrogens (tertiary/aromatic N) is 2. The van der Waals surface area contributed by atoms with Gasteiger partial charge in [-0.3, -0.25) is 4.90 Å². The molecule has 106 valence electrons. The van der Waals surface area contributed by atoms with Crippen LogP contribution in [0.3, 0.4) is 0 Å². The third-order valence-corrected chi connectivity index (χ3v) is 4.49. The molecular formula is C15H31N3. The van der Waals surface area contributed by atoms with Gasteiger partial charge in [-0.15, -0.1) is 0 Å². The van der Waals surface area contributed by atoms with Crippen LogP contribution in [-0.2, 0) is 0 Å². The monoisotopic (exact) mass is 253 g/mol. The molecule has 0 bridgehead atoms. The van der Waals surface area contributed by atoms with Crippen molar-refractivity contribution in [2.24, 2.45) is 5.92 Å². The van der Waals surface area contributed by atoms with Crippen LogP contribution in [0.4, 0.5) is 0 Å². The summed E-state index contributed by atoms with van der Waals surface area (Å²) in [5, 5.41) is 3.73. The van der Waals surface area contributed by atoms with Crippen molar-refractivity contribution in [2.75, 3.05) is 33.2 Å². The van der Waals surface area contributed by atoms with E-state index in [4.69, 9.17) is 0 Å². The van der Waals surface area contributed by atoms with Crippen LogP contribution < -0.4 is 5.32 Å². The number of hydrogen-bond acceptors (Lipinski definition) is 3. The first-order valence-corrected chi connectivity index (χ1v) is 7.75. The van der Waals surface area contributed by atoms with Gasteiger partial charge in [0.1, 0.15) is 0 Å². The molecule has 3 heteroatoms. The molecule has 2 rings (SSSR count). The average Bonchev–Trinajstić information content (AvgIpc) is 3.09. The van der Waals surface area contributed by atoms with Crippen molar-refractivity contribution in [3.63, 3.8) is 0 Å². The molecule has 2 unspecified atom stereocenters. The van der Waals surface area contributed by atoms with E-state index in [2.05, 4.69) is 42.9 Å². The van der Waals surface area contributed by atoms with Gasteiger partial charge in [0.15, 0.2) is 0 Å². The van der Waals surface area contributed by atoms with Crippen LogP contribution >= 0.6 is 0 Å². The van der Waals surface area contributed by atoms with E-state index in [1.807, 2.05) is 0 Å². The lowest BCUT2D eigenvalue weighted by Crippen LogP contribution is -2.51. The van der Waals surface area contributed by atoms with E-state index >= 15 is 0 Å². The molecule has 1 heterocycles. The first kappa shape index (κ1) is 14.3. The van der Waals surface area contributed by atoms with Gasteiger partial charge in [0, 0.05) is 37.8 Å². The quantitative estimate of drug-likeness (QED) is 0.806. The van der Waals surface area contributed by atoms with Crippen molar-refractivity contribution in [1.29, 1.82) is 0 Å². The molecule has 3 nitrogen and oxygen atoms in total. The Hall–Kier alpha value is -0.120. The highest BCUT2D eigenvalue weighted by Crippen LogP contribution is 2.21. The van der Waals surface area contributed by atoms with E-state index < -0.39 is 0 Å². The van der Waals surface area contributed by atoms with Crippen molar-refractivity contribution >= 4 is 0 Å². The van der Waals surface area contributed by atoms with Crippen LogP contribution in [0.2, 0.25) is 0 Å². The Balaban J connectivity index is 1.93. The second-order valence-corrected chi connectivity index (χ2v) is 6.70. The van der Waals surface area contributed by atoms with Gasteiger partial charge in [-0.05, 0) is 45.7 Å². The van der Waals surface area contributed by atoms with Crippen LogP contribution in [-0.4, -0.2) is 61.2 Å². The normalized spacial score (nSPS) is 29.5. The standard InChI is InChI=1S/C15H31N3/c1-12(2)15(10-16-14-6-7-14)18-9-5-8-17(4)11-13(18)3/h12-16H,5-11H2,1-4H3. The molecule has 2 fully saturated rings. The molecule has 0 aromatic rings. The van der Waals surface area contributed by atoms with Crippen LogP contribution in [0.15, 0.2) is 0 Å². The first-order valence-electron chi connectivity index (χ1n) is 7.75. The van der Waals surface area contributed by atoms with Crippen molar-refractivity contribution in [1.82, 2.24) is 15.1 Å². The first-order chi connectivity index (χ1) is 8.58. The zero-order valence-corrected chi connectivity index (χ0v) is 12.7. The van der Waals surface area contributed by atoms with E-state index in [1.54, 1.807) is 0 Å². The summed E-state index contributed by atoms with van der Waals surface area (Å²) in [6.07, 6.45) is 4.10.